The zero-order chi connectivity index (χ0) is 8.81. The quantitative estimate of drug-likeness (QED) is 0.568. The molecule has 0 aromatic carbocycles. The van der Waals surface area contributed by atoms with Crippen LogP contribution in [0.15, 0.2) is 11.8 Å². The van der Waals surface area contributed by atoms with Gasteiger partial charge >= 0.3 is 0 Å². The van der Waals surface area contributed by atoms with Gasteiger partial charge in [-0.25, -0.2) is 0 Å². The molecule has 4 nitrogen and oxygen atoms in total. The molecule has 1 fully saturated rings. The summed E-state index contributed by atoms with van der Waals surface area (Å²) in [5.41, 5.74) is 0.831. The maximum Gasteiger partial charge on any atom is 0.211 e. The zero-order valence-electron chi connectivity index (χ0n) is 7.17. The Balaban J connectivity index is 2.46. The van der Waals surface area contributed by atoms with Crippen molar-refractivity contribution in [2.24, 2.45) is 0 Å². The van der Waals surface area contributed by atoms with Crippen LogP contribution in [0.1, 0.15) is 6.92 Å². The zero-order valence-corrected chi connectivity index (χ0v) is 7.17. The van der Waals surface area contributed by atoms with Gasteiger partial charge in [-0.3, -0.25) is 4.79 Å². The molecule has 1 atom stereocenters. The molecule has 0 bridgehead atoms. The van der Waals surface area contributed by atoms with Crippen molar-refractivity contribution in [3.05, 3.63) is 11.8 Å². The van der Waals surface area contributed by atoms with Gasteiger partial charge in [0.15, 0.2) is 0 Å². The first kappa shape index (κ1) is 9.22. The van der Waals surface area contributed by atoms with E-state index in [4.69, 9.17) is 4.74 Å². The smallest absolute Gasteiger partial charge is 0.211 e. The Bertz CT molecular complexity index is 174. The van der Waals surface area contributed by atoms with Crippen molar-refractivity contribution in [1.82, 2.24) is 10.6 Å². The summed E-state index contributed by atoms with van der Waals surface area (Å²) in [7, 11) is 0. The lowest BCUT2D eigenvalue weighted by Gasteiger charge is -2.25. The van der Waals surface area contributed by atoms with Crippen molar-refractivity contribution in [2.45, 2.75) is 13.0 Å². The molecule has 68 valence electrons. The van der Waals surface area contributed by atoms with Crippen molar-refractivity contribution in [2.75, 3.05) is 19.7 Å². The molecule has 1 saturated heterocycles. The highest BCUT2D eigenvalue weighted by Crippen LogP contribution is 2.04. The van der Waals surface area contributed by atoms with E-state index < -0.39 is 0 Å². The Morgan fingerprint density at radius 3 is 3.08 bits per heavy atom. The monoisotopic (exact) mass is 170 g/mol. The first-order valence-corrected chi connectivity index (χ1v) is 4.07. The number of rotatable bonds is 3. The average molecular weight is 170 g/mol. The molecule has 0 aromatic heterocycles. The fraction of sp³-hybridized carbons (Fsp3) is 0.625. The third-order valence-corrected chi connectivity index (χ3v) is 1.81. The van der Waals surface area contributed by atoms with Crippen molar-refractivity contribution in [3.63, 3.8) is 0 Å². The summed E-state index contributed by atoms with van der Waals surface area (Å²) < 4.78 is 5.43. The van der Waals surface area contributed by atoms with Crippen molar-refractivity contribution >= 4 is 6.41 Å². The second-order valence-corrected chi connectivity index (χ2v) is 2.57. The molecule has 1 aliphatic rings. The third-order valence-electron chi connectivity index (χ3n) is 1.81. The summed E-state index contributed by atoms with van der Waals surface area (Å²) in [5.74, 6) is 0. The number of hydrogen-bond acceptors (Lipinski definition) is 3. The minimum atomic E-state index is -0.00560. The van der Waals surface area contributed by atoms with Crippen LogP contribution in [0.5, 0.6) is 0 Å². The van der Waals surface area contributed by atoms with Crippen molar-refractivity contribution in [3.8, 4) is 0 Å². The Kier molecular flexibility index (Phi) is 3.76. The number of carbonyl (C=O) groups is 1. The van der Waals surface area contributed by atoms with Gasteiger partial charge in [0.05, 0.1) is 6.61 Å². The van der Waals surface area contributed by atoms with Gasteiger partial charge in [0, 0.05) is 18.8 Å². The molecule has 2 N–H and O–H groups in total. The van der Waals surface area contributed by atoms with E-state index in [9.17, 15) is 4.79 Å². The van der Waals surface area contributed by atoms with Gasteiger partial charge in [-0.05, 0) is 6.92 Å². The molecule has 0 saturated carbocycles. The molecule has 1 unspecified atom stereocenters. The lowest BCUT2D eigenvalue weighted by molar-refractivity contribution is -0.109. The average Bonchev–Trinajstić information content (AvgIpc) is 2.15. The molecule has 1 heterocycles. The van der Waals surface area contributed by atoms with Gasteiger partial charge in [0.25, 0.3) is 0 Å². The van der Waals surface area contributed by atoms with Gasteiger partial charge in [-0.1, -0.05) is 6.08 Å². The molecule has 0 spiro atoms. The molecule has 0 aromatic rings. The van der Waals surface area contributed by atoms with E-state index in [2.05, 4.69) is 10.6 Å². The van der Waals surface area contributed by atoms with Crippen LogP contribution < -0.4 is 10.6 Å². The predicted molar refractivity (Wildman–Crippen MR) is 45.6 cm³/mol. The van der Waals surface area contributed by atoms with E-state index in [1.165, 1.54) is 0 Å². The van der Waals surface area contributed by atoms with Gasteiger partial charge in [0.2, 0.25) is 6.41 Å². The standard InChI is InChI=1S/C8H14N2O2/c1-2-7(10-6-11)8-5-9-3-4-12-8/h2,6,8-9H,3-5H2,1H3,(H,10,11)/b7-2+. The highest BCUT2D eigenvalue weighted by molar-refractivity contribution is 5.50. The van der Waals surface area contributed by atoms with E-state index >= 15 is 0 Å². The Hall–Kier alpha value is -0.870. The Labute approximate surface area is 72.0 Å². The molecule has 0 radical (unpaired) electrons. The maximum atomic E-state index is 10.2. The summed E-state index contributed by atoms with van der Waals surface area (Å²) >= 11 is 0. The third kappa shape index (κ3) is 2.32. The van der Waals surface area contributed by atoms with Crippen LogP contribution in [0.3, 0.4) is 0 Å². The molecule has 1 aliphatic heterocycles. The summed E-state index contributed by atoms with van der Waals surface area (Å²) in [6.07, 6.45) is 2.52. The number of morpholine rings is 1. The van der Waals surface area contributed by atoms with Crippen LogP contribution in [-0.4, -0.2) is 32.2 Å². The van der Waals surface area contributed by atoms with Crippen LogP contribution in [-0.2, 0) is 9.53 Å². The number of nitrogens with one attached hydrogen (secondary N) is 2. The van der Waals surface area contributed by atoms with Crippen LogP contribution in [0, 0.1) is 0 Å². The first-order chi connectivity index (χ1) is 5.88. The second-order valence-electron chi connectivity index (χ2n) is 2.57. The maximum absolute atomic E-state index is 10.2. The lowest BCUT2D eigenvalue weighted by Crippen LogP contribution is -2.42. The minimum absolute atomic E-state index is 0.00560. The van der Waals surface area contributed by atoms with Crippen LogP contribution >= 0.6 is 0 Å². The number of ether oxygens (including phenoxy) is 1. The molecule has 1 amide bonds. The molecule has 0 aliphatic carbocycles. The first-order valence-electron chi connectivity index (χ1n) is 4.07. The SMILES string of the molecule is C/C=C(/NC=O)C1CNCCO1. The van der Waals surface area contributed by atoms with Gasteiger partial charge in [0.1, 0.15) is 6.10 Å². The van der Waals surface area contributed by atoms with E-state index in [0.29, 0.717) is 13.0 Å². The van der Waals surface area contributed by atoms with Crippen LogP contribution in [0.2, 0.25) is 0 Å². The van der Waals surface area contributed by atoms with E-state index in [0.717, 1.165) is 18.8 Å². The Morgan fingerprint density at radius 1 is 1.75 bits per heavy atom. The lowest BCUT2D eigenvalue weighted by atomic mass is 10.2. The molecule has 12 heavy (non-hydrogen) atoms. The van der Waals surface area contributed by atoms with Gasteiger partial charge in [-0.15, -0.1) is 0 Å². The fourth-order valence-electron chi connectivity index (χ4n) is 1.20. The van der Waals surface area contributed by atoms with Gasteiger partial charge in [-0.2, -0.15) is 0 Å². The Morgan fingerprint density at radius 2 is 2.58 bits per heavy atom. The molecule has 4 heteroatoms. The number of allylic oxidation sites excluding steroid dienone is 1. The highest BCUT2D eigenvalue weighted by Gasteiger charge is 2.16. The minimum Gasteiger partial charge on any atom is -0.369 e. The predicted octanol–water partition coefficient (Wildman–Crippen LogP) is -0.375. The van der Waals surface area contributed by atoms with Crippen molar-refractivity contribution in [1.29, 1.82) is 0 Å². The van der Waals surface area contributed by atoms with E-state index in [1.54, 1.807) is 0 Å². The van der Waals surface area contributed by atoms with Gasteiger partial charge < -0.3 is 15.4 Å². The fourth-order valence-corrected chi connectivity index (χ4v) is 1.20. The second kappa shape index (κ2) is 4.90. The number of carbonyl (C=O) groups excluding carboxylic acids is 1. The summed E-state index contributed by atoms with van der Waals surface area (Å²) in [4.78, 5) is 10.2. The summed E-state index contributed by atoms with van der Waals surface area (Å²) in [6, 6.07) is 0. The van der Waals surface area contributed by atoms with Crippen LogP contribution in [0.4, 0.5) is 0 Å². The molecular formula is C8H14N2O2. The number of hydrogen-bond donors (Lipinski definition) is 2. The largest absolute Gasteiger partial charge is 0.369 e. The van der Waals surface area contributed by atoms with E-state index in [1.807, 2.05) is 13.0 Å². The molecular weight excluding hydrogens is 156 g/mol. The van der Waals surface area contributed by atoms with E-state index in [-0.39, 0.29) is 6.10 Å². The normalized spacial score (nSPS) is 25.1. The highest BCUT2D eigenvalue weighted by atomic mass is 16.5. The van der Waals surface area contributed by atoms with Crippen molar-refractivity contribution < 1.29 is 9.53 Å². The van der Waals surface area contributed by atoms with Crippen LogP contribution in [0.25, 0.3) is 0 Å². The summed E-state index contributed by atoms with van der Waals surface area (Å²) in [5, 5.41) is 5.80. The topological polar surface area (TPSA) is 50.4 Å². The number of amides is 1. The molecule has 1 rings (SSSR count). The summed E-state index contributed by atoms with van der Waals surface area (Å²) in [6.45, 7) is 4.22.